The van der Waals surface area contributed by atoms with Crippen molar-refractivity contribution in [3.05, 3.63) is 71.4 Å². The molecule has 3 N–H and O–H groups in total. The van der Waals surface area contributed by atoms with Gasteiger partial charge in [-0.25, -0.2) is 0 Å². The number of aromatic nitrogens is 1. The van der Waals surface area contributed by atoms with Crippen LogP contribution in [0.15, 0.2) is 54.6 Å². The molecule has 1 saturated heterocycles. The number of primary amides is 1. The first-order valence-corrected chi connectivity index (χ1v) is 10.9. The largest absolute Gasteiger partial charge is 0.368 e. The van der Waals surface area contributed by atoms with E-state index in [1.165, 1.54) is 0 Å². The van der Waals surface area contributed by atoms with E-state index in [2.05, 4.69) is 10.2 Å². The van der Waals surface area contributed by atoms with Crippen molar-refractivity contribution in [2.45, 2.75) is 44.2 Å². The van der Waals surface area contributed by atoms with Crippen molar-refractivity contribution in [3.63, 3.8) is 0 Å². The molecule has 1 aliphatic heterocycles. The van der Waals surface area contributed by atoms with Gasteiger partial charge in [0.1, 0.15) is 0 Å². The number of nitrogens with one attached hydrogen (secondary N) is 1. The monoisotopic (exact) mass is 414 g/mol. The summed E-state index contributed by atoms with van der Waals surface area (Å²) in [4.78, 5) is 32.0. The molecule has 1 aliphatic carbocycles. The average molecular weight is 415 g/mol. The van der Waals surface area contributed by atoms with Crippen molar-refractivity contribution in [1.29, 1.82) is 0 Å². The summed E-state index contributed by atoms with van der Waals surface area (Å²) < 4.78 is 0. The number of pyridine rings is 1. The standard InChI is InChI=1S/C25H26N4O2/c26-24(30)23-10-5-13-29(23)15-17-6-1-3-8-20(17)28-25(31)19-14-22(16-11-12-16)27-21-9-4-2-7-18(19)21/h1-4,6-9,14,16,23H,5,10-13,15H2,(H2,26,30)(H,28,31). The highest BCUT2D eigenvalue weighted by Gasteiger charge is 2.30. The van der Waals surface area contributed by atoms with Crippen LogP contribution >= 0.6 is 0 Å². The summed E-state index contributed by atoms with van der Waals surface area (Å²) in [5.74, 6) is 0.0417. The molecule has 1 atom stereocenters. The number of amides is 2. The second-order valence-electron chi connectivity index (χ2n) is 8.53. The number of hydrogen-bond acceptors (Lipinski definition) is 4. The van der Waals surface area contributed by atoms with E-state index in [1.54, 1.807) is 0 Å². The lowest BCUT2D eigenvalue weighted by Crippen LogP contribution is -2.39. The summed E-state index contributed by atoms with van der Waals surface area (Å²) in [6, 6.07) is 17.3. The molecule has 158 valence electrons. The third-order valence-corrected chi connectivity index (χ3v) is 6.31. The van der Waals surface area contributed by atoms with E-state index < -0.39 is 0 Å². The van der Waals surface area contributed by atoms with Gasteiger partial charge in [0, 0.05) is 29.2 Å². The Balaban J connectivity index is 1.43. The maximum atomic E-state index is 13.4. The fourth-order valence-electron chi connectivity index (χ4n) is 4.50. The molecule has 6 heteroatoms. The predicted molar refractivity (Wildman–Crippen MR) is 121 cm³/mol. The molecule has 5 rings (SSSR count). The number of anilines is 1. The van der Waals surface area contributed by atoms with Gasteiger partial charge in [-0.05, 0) is 56.0 Å². The van der Waals surface area contributed by atoms with Crippen LogP contribution in [0.3, 0.4) is 0 Å². The van der Waals surface area contributed by atoms with Gasteiger partial charge in [0.2, 0.25) is 5.91 Å². The van der Waals surface area contributed by atoms with Crippen LogP contribution in [0.25, 0.3) is 10.9 Å². The van der Waals surface area contributed by atoms with E-state index in [1.807, 2.05) is 54.6 Å². The van der Waals surface area contributed by atoms with Crippen molar-refractivity contribution in [1.82, 2.24) is 9.88 Å². The maximum Gasteiger partial charge on any atom is 0.256 e. The second-order valence-corrected chi connectivity index (χ2v) is 8.53. The molecule has 1 aromatic heterocycles. The number of nitrogens with two attached hydrogens (primary N) is 1. The SMILES string of the molecule is NC(=O)C1CCCN1Cc1ccccc1NC(=O)c1cc(C2CC2)nc2ccccc12. The smallest absolute Gasteiger partial charge is 0.256 e. The van der Waals surface area contributed by atoms with Crippen molar-refractivity contribution in [3.8, 4) is 0 Å². The molecular weight excluding hydrogens is 388 g/mol. The van der Waals surface area contributed by atoms with Gasteiger partial charge in [-0.15, -0.1) is 0 Å². The number of hydrogen-bond donors (Lipinski definition) is 2. The van der Waals surface area contributed by atoms with Gasteiger partial charge < -0.3 is 11.1 Å². The highest BCUT2D eigenvalue weighted by Crippen LogP contribution is 2.40. The van der Waals surface area contributed by atoms with Crippen LogP contribution in [0.2, 0.25) is 0 Å². The highest BCUT2D eigenvalue weighted by molar-refractivity contribution is 6.12. The number of benzene rings is 2. The lowest BCUT2D eigenvalue weighted by atomic mass is 10.0. The number of nitrogens with zero attached hydrogens (tertiary/aromatic N) is 2. The third-order valence-electron chi connectivity index (χ3n) is 6.31. The van der Waals surface area contributed by atoms with Crippen LogP contribution in [0.5, 0.6) is 0 Å². The summed E-state index contributed by atoms with van der Waals surface area (Å²) >= 11 is 0. The van der Waals surface area contributed by atoms with E-state index in [9.17, 15) is 9.59 Å². The quantitative estimate of drug-likeness (QED) is 0.642. The molecular formula is C25H26N4O2. The first kappa shape index (κ1) is 19.7. The zero-order valence-electron chi connectivity index (χ0n) is 17.4. The zero-order valence-corrected chi connectivity index (χ0v) is 17.4. The van der Waals surface area contributed by atoms with Crippen molar-refractivity contribution >= 4 is 28.4 Å². The van der Waals surface area contributed by atoms with Gasteiger partial charge in [0.25, 0.3) is 5.91 Å². The average Bonchev–Trinajstić information content (AvgIpc) is 3.52. The van der Waals surface area contributed by atoms with E-state index in [4.69, 9.17) is 10.7 Å². The van der Waals surface area contributed by atoms with E-state index in [0.717, 1.165) is 60.1 Å². The minimum absolute atomic E-state index is 0.138. The van der Waals surface area contributed by atoms with Crippen LogP contribution in [0.4, 0.5) is 5.69 Å². The molecule has 2 amide bonds. The lowest BCUT2D eigenvalue weighted by molar-refractivity contribution is -0.122. The number of rotatable bonds is 6. The molecule has 2 heterocycles. The lowest BCUT2D eigenvalue weighted by Gasteiger charge is -2.23. The first-order valence-electron chi connectivity index (χ1n) is 10.9. The van der Waals surface area contributed by atoms with Crippen LogP contribution in [-0.2, 0) is 11.3 Å². The third kappa shape index (κ3) is 4.03. The minimum Gasteiger partial charge on any atom is -0.368 e. The fraction of sp³-hybridized carbons (Fsp3) is 0.320. The molecule has 1 saturated carbocycles. The van der Waals surface area contributed by atoms with Crippen molar-refractivity contribution < 1.29 is 9.59 Å². The molecule has 2 fully saturated rings. The molecule has 2 aliphatic rings. The summed E-state index contributed by atoms with van der Waals surface area (Å²) in [6.45, 7) is 1.41. The molecule has 2 aromatic carbocycles. The normalized spacial score (nSPS) is 18.9. The van der Waals surface area contributed by atoms with E-state index in [-0.39, 0.29) is 17.9 Å². The van der Waals surface area contributed by atoms with Gasteiger partial charge in [0.05, 0.1) is 17.1 Å². The van der Waals surface area contributed by atoms with Crippen molar-refractivity contribution in [2.75, 3.05) is 11.9 Å². The molecule has 0 radical (unpaired) electrons. The Bertz CT molecular complexity index is 1160. The van der Waals surface area contributed by atoms with Crippen LogP contribution in [0, 0.1) is 0 Å². The second kappa shape index (κ2) is 8.12. The Morgan fingerprint density at radius 1 is 1.06 bits per heavy atom. The maximum absolute atomic E-state index is 13.4. The molecule has 0 spiro atoms. The van der Waals surface area contributed by atoms with Gasteiger partial charge in [-0.2, -0.15) is 0 Å². The molecule has 6 nitrogen and oxygen atoms in total. The van der Waals surface area contributed by atoms with Crippen molar-refractivity contribution in [2.24, 2.45) is 5.73 Å². The van der Waals surface area contributed by atoms with Gasteiger partial charge in [-0.3, -0.25) is 19.5 Å². The Morgan fingerprint density at radius 2 is 1.84 bits per heavy atom. The fourth-order valence-corrected chi connectivity index (χ4v) is 4.50. The molecule has 31 heavy (non-hydrogen) atoms. The van der Waals surface area contributed by atoms with Gasteiger partial charge in [-0.1, -0.05) is 36.4 Å². The zero-order chi connectivity index (χ0) is 21.4. The summed E-state index contributed by atoms with van der Waals surface area (Å²) in [7, 11) is 0. The van der Waals surface area contributed by atoms with Crippen LogP contribution in [0.1, 0.15) is 53.2 Å². The van der Waals surface area contributed by atoms with Crippen LogP contribution in [-0.4, -0.2) is 34.3 Å². The van der Waals surface area contributed by atoms with E-state index >= 15 is 0 Å². The molecule has 0 bridgehead atoms. The predicted octanol–water partition coefficient (Wildman–Crippen LogP) is 3.81. The Hall–Kier alpha value is -3.25. The Kier molecular flexibility index (Phi) is 5.16. The van der Waals surface area contributed by atoms with Gasteiger partial charge in [0.15, 0.2) is 0 Å². The van der Waals surface area contributed by atoms with Gasteiger partial charge >= 0.3 is 0 Å². The summed E-state index contributed by atoms with van der Waals surface area (Å²) in [5.41, 5.74) is 9.82. The minimum atomic E-state index is -0.283. The number of likely N-dealkylation sites (tertiary alicyclic amines) is 1. The summed E-state index contributed by atoms with van der Waals surface area (Å²) in [5, 5.41) is 3.97. The number of para-hydroxylation sites is 2. The first-order chi connectivity index (χ1) is 15.1. The number of fused-ring (bicyclic) bond motifs is 1. The molecule has 1 unspecified atom stereocenters. The number of carbonyl (C=O) groups excluding carboxylic acids is 2. The highest BCUT2D eigenvalue weighted by atomic mass is 16.2. The topological polar surface area (TPSA) is 88.3 Å². The Morgan fingerprint density at radius 3 is 2.65 bits per heavy atom. The van der Waals surface area contributed by atoms with Crippen LogP contribution < -0.4 is 11.1 Å². The number of carbonyl (C=O) groups is 2. The molecule has 3 aromatic rings. The summed E-state index contributed by atoms with van der Waals surface area (Å²) in [6.07, 6.45) is 4.00. The van der Waals surface area contributed by atoms with E-state index in [0.29, 0.717) is 18.0 Å². The Labute approximate surface area is 181 Å².